The number of carbonyl (C=O) groups is 1. The van der Waals surface area contributed by atoms with Gasteiger partial charge in [0.25, 0.3) is 0 Å². The van der Waals surface area contributed by atoms with E-state index in [1.54, 1.807) is 0 Å². The zero-order valence-corrected chi connectivity index (χ0v) is 13.8. The lowest BCUT2D eigenvalue weighted by atomic mass is 9.90. The standard InChI is InChI=1S/C18H20F2N2O3/c19-14-4-3-13(15(20)9-14)2-1-12-5-7-22(8-6-12)10-17-21-16(11-25-17)18(23)24/h3-4,9,11-12H,1-2,5-8,10H2,(H,23,24). The molecular weight excluding hydrogens is 330 g/mol. The molecule has 0 bridgehead atoms. The topological polar surface area (TPSA) is 66.6 Å². The Bertz CT molecular complexity index is 740. The minimum Gasteiger partial charge on any atom is -0.476 e. The van der Waals surface area contributed by atoms with Crippen LogP contribution < -0.4 is 0 Å². The minimum absolute atomic E-state index is 0.0776. The van der Waals surface area contributed by atoms with Gasteiger partial charge in [0.15, 0.2) is 5.69 Å². The molecule has 0 unspecified atom stereocenters. The molecule has 1 aliphatic heterocycles. The van der Waals surface area contributed by atoms with E-state index in [-0.39, 0.29) is 5.69 Å². The normalized spacial score (nSPS) is 16.2. The van der Waals surface area contributed by atoms with Crippen molar-refractivity contribution in [1.82, 2.24) is 9.88 Å². The maximum absolute atomic E-state index is 13.7. The molecule has 134 valence electrons. The van der Waals surface area contributed by atoms with Gasteiger partial charge in [0.1, 0.15) is 17.9 Å². The van der Waals surface area contributed by atoms with Gasteiger partial charge >= 0.3 is 5.97 Å². The summed E-state index contributed by atoms with van der Waals surface area (Å²) in [6.45, 7) is 2.22. The van der Waals surface area contributed by atoms with E-state index < -0.39 is 17.6 Å². The quantitative estimate of drug-likeness (QED) is 0.864. The van der Waals surface area contributed by atoms with Crippen LogP contribution in [0.25, 0.3) is 0 Å². The Balaban J connectivity index is 1.44. The first-order valence-corrected chi connectivity index (χ1v) is 8.35. The molecule has 7 heteroatoms. The zero-order chi connectivity index (χ0) is 17.8. The number of hydrogen-bond acceptors (Lipinski definition) is 4. The average Bonchev–Trinajstić information content (AvgIpc) is 3.04. The molecule has 0 aliphatic carbocycles. The lowest BCUT2D eigenvalue weighted by Crippen LogP contribution is -2.33. The van der Waals surface area contributed by atoms with Crippen molar-refractivity contribution in [1.29, 1.82) is 0 Å². The van der Waals surface area contributed by atoms with Gasteiger partial charge in [0, 0.05) is 6.07 Å². The highest BCUT2D eigenvalue weighted by molar-refractivity contribution is 5.84. The number of aryl methyl sites for hydroxylation is 1. The minimum atomic E-state index is -1.10. The van der Waals surface area contributed by atoms with Crippen molar-refractivity contribution in [3.8, 4) is 0 Å². The van der Waals surface area contributed by atoms with Gasteiger partial charge in [-0.25, -0.2) is 18.6 Å². The summed E-state index contributed by atoms with van der Waals surface area (Å²) in [6.07, 6.45) is 4.60. The van der Waals surface area contributed by atoms with Gasteiger partial charge in [0.05, 0.1) is 6.54 Å². The van der Waals surface area contributed by atoms with Crippen molar-refractivity contribution in [2.24, 2.45) is 5.92 Å². The van der Waals surface area contributed by atoms with Crippen LogP contribution in [0.15, 0.2) is 28.9 Å². The maximum Gasteiger partial charge on any atom is 0.357 e. The Hall–Kier alpha value is -2.28. The lowest BCUT2D eigenvalue weighted by molar-refractivity contribution is 0.0690. The zero-order valence-electron chi connectivity index (χ0n) is 13.8. The van der Waals surface area contributed by atoms with Crippen molar-refractivity contribution in [3.63, 3.8) is 0 Å². The summed E-state index contributed by atoms with van der Waals surface area (Å²) in [5, 5.41) is 8.84. The first-order chi connectivity index (χ1) is 12.0. The third-order valence-electron chi connectivity index (χ3n) is 4.67. The number of aromatic nitrogens is 1. The summed E-state index contributed by atoms with van der Waals surface area (Å²) in [4.78, 5) is 16.9. The van der Waals surface area contributed by atoms with E-state index >= 15 is 0 Å². The summed E-state index contributed by atoms with van der Waals surface area (Å²) in [5.74, 6) is -1.21. The second kappa shape index (κ2) is 7.74. The van der Waals surface area contributed by atoms with Crippen LogP contribution in [0.4, 0.5) is 8.78 Å². The molecule has 0 amide bonds. The number of rotatable bonds is 6. The second-order valence-corrected chi connectivity index (χ2v) is 6.43. The summed E-state index contributed by atoms with van der Waals surface area (Å²) >= 11 is 0. The molecule has 3 rings (SSSR count). The highest BCUT2D eigenvalue weighted by Gasteiger charge is 2.21. The van der Waals surface area contributed by atoms with Crippen LogP contribution in [0.2, 0.25) is 0 Å². The van der Waals surface area contributed by atoms with Gasteiger partial charge < -0.3 is 9.52 Å². The van der Waals surface area contributed by atoms with E-state index in [1.807, 2.05) is 0 Å². The van der Waals surface area contributed by atoms with Crippen molar-refractivity contribution in [2.75, 3.05) is 13.1 Å². The predicted octanol–water partition coefficient (Wildman–Crippen LogP) is 3.50. The molecule has 0 atom stereocenters. The van der Waals surface area contributed by atoms with Crippen molar-refractivity contribution in [2.45, 2.75) is 32.2 Å². The first-order valence-electron chi connectivity index (χ1n) is 8.35. The summed E-state index contributed by atoms with van der Waals surface area (Å²) in [6, 6.07) is 3.74. The van der Waals surface area contributed by atoms with Gasteiger partial charge in [-0.3, -0.25) is 4.90 Å². The molecule has 1 aromatic heterocycles. The number of piperidine rings is 1. The molecule has 0 saturated carbocycles. The van der Waals surface area contributed by atoms with Gasteiger partial charge in [-0.2, -0.15) is 0 Å². The maximum atomic E-state index is 13.7. The number of halogens is 2. The smallest absolute Gasteiger partial charge is 0.357 e. The molecule has 1 fully saturated rings. The monoisotopic (exact) mass is 350 g/mol. The van der Waals surface area contributed by atoms with E-state index in [2.05, 4.69) is 9.88 Å². The van der Waals surface area contributed by atoms with Crippen LogP contribution in [-0.2, 0) is 13.0 Å². The van der Waals surface area contributed by atoms with Crippen LogP contribution in [0.3, 0.4) is 0 Å². The van der Waals surface area contributed by atoms with Crippen molar-refractivity contribution in [3.05, 3.63) is 53.2 Å². The number of aromatic carboxylic acids is 1. The van der Waals surface area contributed by atoms with E-state index in [0.29, 0.717) is 30.3 Å². The van der Waals surface area contributed by atoms with Crippen LogP contribution in [0.5, 0.6) is 0 Å². The number of nitrogens with zero attached hydrogens (tertiary/aromatic N) is 2. The van der Waals surface area contributed by atoms with Crippen LogP contribution >= 0.6 is 0 Å². The fourth-order valence-electron chi connectivity index (χ4n) is 3.19. The fraction of sp³-hybridized carbons (Fsp3) is 0.444. The molecule has 2 aromatic rings. The van der Waals surface area contributed by atoms with Crippen LogP contribution in [0.1, 0.15) is 41.2 Å². The molecule has 2 heterocycles. The van der Waals surface area contributed by atoms with Gasteiger partial charge in [0.2, 0.25) is 5.89 Å². The Morgan fingerprint density at radius 1 is 1.32 bits per heavy atom. The third kappa shape index (κ3) is 4.63. The van der Waals surface area contributed by atoms with E-state index in [1.165, 1.54) is 12.1 Å². The van der Waals surface area contributed by atoms with E-state index in [0.717, 1.165) is 44.7 Å². The van der Waals surface area contributed by atoms with Crippen LogP contribution in [-0.4, -0.2) is 34.0 Å². The molecule has 1 saturated heterocycles. The number of benzene rings is 1. The fourth-order valence-corrected chi connectivity index (χ4v) is 3.19. The van der Waals surface area contributed by atoms with Crippen molar-refractivity contribution < 1.29 is 23.1 Å². The lowest BCUT2D eigenvalue weighted by Gasteiger charge is -2.31. The summed E-state index contributed by atoms with van der Waals surface area (Å²) in [5.41, 5.74) is 0.482. The number of hydrogen-bond donors (Lipinski definition) is 1. The summed E-state index contributed by atoms with van der Waals surface area (Å²) < 4.78 is 31.8. The molecule has 5 nitrogen and oxygen atoms in total. The Morgan fingerprint density at radius 3 is 2.72 bits per heavy atom. The molecule has 0 spiro atoms. The average molecular weight is 350 g/mol. The van der Waals surface area contributed by atoms with E-state index in [4.69, 9.17) is 9.52 Å². The first kappa shape index (κ1) is 17.5. The Kier molecular flexibility index (Phi) is 5.43. The summed E-state index contributed by atoms with van der Waals surface area (Å²) in [7, 11) is 0. The van der Waals surface area contributed by atoms with E-state index in [9.17, 15) is 13.6 Å². The van der Waals surface area contributed by atoms with Gasteiger partial charge in [-0.1, -0.05) is 6.07 Å². The second-order valence-electron chi connectivity index (χ2n) is 6.43. The number of carboxylic acids is 1. The molecular formula is C18H20F2N2O3. The molecule has 25 heavy (non-hydrogen) atoms. The number of likely N-dealkylation sites (tertiary alicyclic amines) is 1. The third-order valence-corrected chi connectivity index (χ3v) is 4.67. The Labute approximate surface area is 144 Å². The molecule has 1 aromatic carbocycles. The van der Waals surface area contributed by atoms with Crippen molar-refractivity contribution >= 4 is 5.97 Å². The number of oxazole rings is 1. The molecule has 1 aliphatic rings. The highest BCUT2D eigenvalue weighted by Crippen LogP contribution is 2.24. The molecule has 0 radical (unpaired) electrons. The SMILES string of the molecule is O=C(O)c1coc(CN2CCC(CCc3ccc(F)cc3F)CC2)n1. The highest BCUT2D eigenvalue weighted by atomic mass is 19.1. The molecule has 1 N–H and O–H groups in total. The largest absolute Gasteiger partial charge is 0.476 e. The predicted molar refractivity (Wildman–Crippen MR) is 86.1 cm³/mol. The van der Waals surface area contributed by atoms with Gasteiger partial charge in [-0.05, 0) is 56.3 Å². The number of carboxylic acid groups (broad SMARTS) is 1. The Morgan fingerprint density at radius 2 is 2.08 bits per heavy atom. The van der Waals surface area contributed by atoms with Crippen LogP contribution in [0, 0.1) is 17.6 Å². The van der Waals surface area contributed by atoms with Gasteiger partial charge in [-0.15, -0.1) is 0 Å².